The fraction of sp³-hybridized carbons (Fsp3) is 0.100. The number of halogens is 2. The molecule has 0 aliphatic rings. The Morgan fingerprint density at radius 3 is 2.59 bits per heavy atom. The summed E-state index contributed by atoms with van der Waals surface area (Å²) in [6, 6.07) is 11.1. The van der Waals surface area contributed by atoms with Crippen molar-refractivity contribution in [2.75, 3.05) is 5.73 Å². The van der Waals surface area contributed by atoms with E-state index in [1.807, 2.05) is 0 Å². The zero-order valence-corrected chi connectivity index (χ0v) is 14.5. The first-order valence-electron chi connectivity index (χ1n) is 8.12. The monoisotopic (exact) mass is 369 g/mol. The third-order valence-corrected chi connectivity index (χ3v) is 3.99. The van der Waals surface area contributed by atoms with Crippen molar-refractivity contribution in [3.63, 3.8) is 0 Å². The highest BCUT2D eigenvalue weighted by Gasteiger charge is 2.17. The fourth-order valence-corrected chi connectivity index (χ4v) is 2.60. The maximum atomic E-state index is 14.2. The molecule has 5 nitrogen and oxygen atoms in total. The second kappa shape index (κ2) is 7.41. The third-order valence-electron chi connectivity index (χ3n) is 3.99. The van der Waals surface area contributed by atoms with Crippen molar-refractivity contribution < 1.29 is 18.0 Å². The number of anilines is 1. The number of carbonyl (C=O) groups is 1. The van der Waals surface area contributed by atoms with Crippen molar-refractivity contribution in [2.24, 2.45) is 0 Å². The summed E-state index contributed by atoms with van der Waals surface area (Å²) in [5.74, 6) is -0.629. The van der Waals surface area contributed by atoms with Crippen LogP contribution in [0.2, 0.25) is 0 Å². The first-order valence-corrected chi connectivity index (χ1v) is 8.12. The number of nitrogens with two attached hydrogens (primary N) is 1. The lowest BCUT2D eigenvalue weighted by Crippen LogP contribution is -2.23. The summed E-state index contributed by atoms with van der Waals surface area (Å²) in [5, 5.41) is 10.8. The van der Waals surface area contributed by atoms with Crippen molar-refractivity contribution in [2.45, 2.75) is 13.5 Å². The molecule has 0 bridgehead atoms. The summed E-state index contributed by atoms with van der Waals surface area (Å²) in [6.07, 6.45) is 0. The van der Waals surface area contributed by atoms with Crippen LogP contribution in [0.25, 0.3) is 0 Å². The Morgan fingerprint density at radius 2 is 1.93 bits per heavy atom. The van der Waals surface area contributed by atoms with E-state index in [1.54, 1.807) is 19.1 Å². The van der Waals surface area contributed by atoms with Gasteiger partial charge in [0.25, 0.3) is 5.91 Å². The Hall–Kier alpha value is -3.48. The summed E-state index contributed by atoms with van der Waals surface area (Å²) in [6.45, 7) is 1.92. The van der Waals surface area contributed by atoms with E-state index in [0.29, 0.717) is 11.5 Å². The smallest absolute Gasteiger partial charge is 0.251 e. The van der Waals surface area contributed by atoms with E-state index in [4.69, 9.17) is 15.6 Å². The highest BCUT2D eigenvalue weighted by atomic mass is 19.1. The quantitative estimate of drug-likeness (QED) is 0.472. The maximum Gasteiger partial charge on any atom is 0.251 e. The normalized spacial score (nSPS) is 10.6. The standard InChI is InChI=1S/C20H17F2N3O2/c1-11-5-6-15(27-11)10-25-20(26)13-8-16(19(24)17(22)9-13)18(23)12-3-2-4-14(21)7-12/h2-9,23H,10,24H2,1H3,(H,25,26). The van der Waals surface area contributed by atoms with Crippen LogP contribution in [-0.2, 0) is 6.54 Å². The average molecular weight is 369 g/mol. The van der Waals surface area contributed by atoms with E-state index >= 15 is 0 Å². The van der Waals surface area contributed by atoms with Gasteiger partial charge in [0.1, 0.15) is 23.2 Å². The minimum absolute atomic E-state index is 0.00105. The molecule has 0 radical (unpaired) electrons. The molecule has 3 aromatic rings. The number of furan rings is 1. The number of nitrogens with one attached hydrogen (secondary N) is 2. The Morgan fingerprint density at radius 1 is 1.15 bits per heavy atom. The lowest BCUT2D eigenvalue weighted by atomic mass is 9.98. The van der Waals surface area contributed by atoms with Gasteiger partial charge in [-0.25, -0.2) is 8.78 Å². The molecule has 4 N–H and O–H groups in total. The van der Waals surface area contributed by atoms with Crippen LogP contribution in [0.3, 0.4) is 0 Å². The van der Waals surface area contributed by atoms with Crippen LogP contribution < -0.4 is 11.1 Å². The van der Waals surface area contributed by atoms with E-state index < -0.39 is 17.5 Å². The van der Waals surface area contributed by atoms with Gasteiger partial charge in [0.05, 0.1) is 17.9 Å². The van der Waals surface area contributed by atoms with Gasteiger partial charge in [-0.15, -0.1) is 0 Å². The summed E-state index contributed by atoms with van der Waals surface area (Å²) in [5.41, 5.74) is 5.53. The van der Waals surface area contributed by atoms with Crippen molar-refractivity contribution in [3.8, 4) is 0 Å². The van der Waals surface area contributed by atoms with Crippen LogP contribution in [0.5, 0.6) is 0 Å². The largest absolute Gasteiger partial charge is 0.465 e. The minimum atomic E-state index is -0.826. The number of amides is 1. The summed E-state index contributed by atoms with van der Waals surface area (Å²) in [4.78, 5) is 12.4. The van der Waals surface area contributed by atoms with Gasteiger partial charge in [0.15, 0.2) is 0 Å². The molecule has 1 aromatic heterocycles. The number of aryl methyl sites for hydroxylation is 1. The molecule has 138 valence electrons. The zero-order chi connectivity index (χ0) is 19.6. The predicted molar refractivity (Wildman–Crippen MR) is 97.8 cm³/mol. The highest BCUT2D eigenvalue weighted by Crippen LogP contribution is 2.23. The van der Waals surface area contributed by atoms with Gasteiger partial charge < -0.3 is 15.5 Å². The predicted octanol–water partition coefficient (Wildman–Crippen LogP) is 3.79. The molecule has 2 aromatic carbocycles. The molecule has 7 heteroatoms. The van der Waals surface area contributed by atoms with Gasteiger partial charge in [-0.05, 0) is 43.3 Å². The van der Waals surface area contributed by atoms with Gasteiger partial charge in [-0.2, -0.15) is 0 Å². The lowest BCUT2D eigenvalue weighted by Gasteiger charge is -2.12. The topological polar surface area (TPSA) is 92.1 Å². The molecular formula is C20H17F2N3O2. The SMILES string of the molecule is Cc1ccc(CNC(=O)c2cc(F)c(N)c(C(=N)c3cccc(F)c3)c2)o1. The first kappa shape index (κ1) is 18.3. The minimum Gasteiger partial charge on any atom is -0.465 e. The number of benzene rings is 2. The molecule has 0 aliphatic heterocycles. The molecule has 3 rings (SSSR count). The van der Waals surface area contributed by atoms with E-state index in [9.17, 15) is 13.6 Å². The molecule has 0 aliphatic carbocycles. The molecule has 0 saturated heterocycles. The van der Waals surface area contributed by atoms with Crippen LogP contribution >= 0.6 is 0 Å². The van der Waals surface area contributed by atoms with Crippen molar-refractivity contribution in [3.05, 3.63) is 88.4 Å². The summed E-state index contributed by atoms with van der Waals surface area (Å²) in [7, 11) is 0. The molecular weight excluding hydrogens is 352 g/mol. The van der Waals surface area contributed by atoms with Crippen molar-refractivity contribution >= 4 is 17.3 Å². The van der Waals surface area contributed by atoms with Gasteiger partial charge in [-0.1, -0.05) is 12.1 Å². The number of rotatable bonds is 5. The van der Waals surface area contributed by atoms with Crippen LogP contribution in [0.1, 0.15) is 33.0 Å². The Labute approximate surface area is 154 Å². The van der Waals surface area contributed by atoms with Crippen LogP contribution in [0.4, 0.5) is 14.5 Å². The summed E-state index contributed by atoms with van der Waals surface area (Å²) >= 11 is 0. The number of hydrogen-bond acceptors (Lipinski definition) is 4. The molecule has 0 fully saturated rings. The molecule has 1 heterocycles. The van der Waals surface area contributed by atoms with Crippen LogP contribution in [0.15, 0.2) is 52.9 Å². The lowest BCUT2D eigenvalue weighted by molar-refractivity contribution is 0.0947. The van der Waals surface area contributed by atoms with Crippen molar-refractivity contribution in [1.82, 2.24) is 5.32 Å². The molecule has 1 amide bonds. The van der Waals surface area contributed by atoms with E-state index in [1.165, 1.54) is 24.3 Å². The fourth-order valence-electron chi connectivity index (χ4n) is 2.60. The van der Waals surface area contributed by atoms with Crippen LogP contribution in [-0.4, -0.2) is 11.6 Å². The first-order chi connectivity index (χ1) is 12.8. The molecule has 27 heavy (non-hydrogen) atoms. The van der Waals surface area contributed by atoms with Gasteiger partial charge >= 0.3 is 0 Å². The van der Waals surface area contributed by atoms with Crippen LogP contribution in [0, 0.1) is 24.0 Å². The second-order valence-electron chi connectivity index (χ2n) is 6.00. The van der Waals surface area contributed by atoms with Gasteiger partial charge in [-0.3, -0.25) is 10.2 Å². The number of carbonyl (C=O) groups excluding carboxylic acids is 1. The highest BCUT2D eigenvalue weighted by molar-refractivity contribution is 6.14. The van der Waals surface area contributed by atoms with E-state index in [0.717, 1.165) is 12.1 Å². The van der Waals surface area contributed by atoms with E-state index in [-0.39, 0.29) is 34.6 Å². The Kier molecular flexibility index (Phi) is 5.03. The van der Waals surface area contributed by atoms with Gasteiger partial charge in [0, 0.05) is 16.7 Å². The van der Waals surface area contributed by atoms with E-state index in [2.05, 4.69) is 5.32 Å². The van der Waals surface area contributed by atoms with Gasteiger partial charge in [0.2, 0.25) is 0 Å². The Balaban J connectivity index is 1.87. The molecule has 0 spiro atoms. The number of hydrogen-bond donors (Lipinski definition) is 3. The molecule has 0 unspecified atom stereocenters. The average Bonchev–Trinajstić information content (AvgIpc) is 3.06. The molecule has 0 atom stereocenters. The summed E-state index contributed by atoms with van der Waals surface area (Å²) < 4.78 is 33.0. The second-order valence-corrected chi connectivity index (χ2v) is 6.00. The zero-order valence-electron chi connectivity index (χ0n) is 14.5. The molecule has 0 saturated carbocycles. The maximum absolute atomic E-state index is 14.2. The number of nitrogen functional groups attached to an aromatic ring is 1. The Bertz CT molecular complexity index is 1030. The third kappa shape index (κ3) is 4.03. The van der Waals surface area contributed by atoms with Crippen molar-refractivity contribution in [1.29, 1.82) is 5.41 Å².